The number of hydrogen-bond acceptors (Lipinski definition) is 6. The third kappa shape index (κ3) is 3.37. The average Bonchev–Trinajstić information content (AvgIpc) is 2.67. The molecule has 1 saturated heterocycles. The average molecular weight is 392 g/mol. The number of anilines is 2. The summed E-state index contributed by atoms with van der Waals surface area (Å²) in [4.78, 5) is 11.1. The van der Waals surface area contributed by atoms with Gasteiger partial charge in [0.15, 0.2) is 5.82 Å². The first kappa shape index (κ1) is 18.1. The SMILES string of the molecule is Cc1cc(F)ccc1S(=O)(=O)N1CCCc2cnc(N3CCOCC3)nc21. The van der Waals surface area contributed by atoms with E-state index in [1.807, 2.05) is 4.90 Å². The molecule has 2 aliphatic heterocycles. The number of fused-ring (bicyclic) bond motifs is 1. The standard InChI is InChI=1S/C18H21FN4O3S/c1-13-11-15(19)4-5-16(13)27(24,25)23-6-2-3-14-12-20-18(21-17(14)23)22-7-9-26-10-8-22/h4-5,11-12H,2-3,6-10H2,1H3. The van der Waals surface area contributed by atoms with Gasteiger partial charge in [0.25, 0.3) is 10.0 Å². The summed E-state index contributed by atoms with van der Waals surface area (Å²) in [7, 11) is -3.84. The monoisotopic (exact) mass is 392 g/mol. The lowest BCUT2D eigenvalue weighted by Gasteiger charge is -2.32. The van der Waals surface area contributed by atoms with E-state index in [0.717, 1.165) is 12.0 Å². The van der Waals surface area contributed by atoms with E-state index in [2.05, 4.69) is 9.97 Å². The zero-order valence-corrected chi connectivity index (χ0v) is 15.9. The molecule has 4 rings (SSSR count). The van der Waals surface area contributed by atoms with Crippen molar-refractivity contribution >= 4 is 21.8 Å². The van der Waals surface area contributed by atoms with Crippen LogP contribution in [-0.4, -0.2) is 51.2 Å². The number of aryl methyl sites for hydroxylation is 2. The van der Waals surface area contributed by atoms with Crippen LogP contribution in [0.4, 0.5) is 16.2 Å². The lowest BCUT2D eigenvalue weighted by molar-refractivity contribution is 0.122. The van der Waals surface area contributed by atoms with Crippen LogP contribution in [0.25, 0.3) is 0 Å². The first-order valence-electron chi connectivity index (χ1n) is 8.94. The van der Waals surface area contributed by atoms with Gasteiger partial charge < -0.3 is 9.64 Å². The Morgan fingerprint density at radius 2 is 1.96 bits per heavy atom. The van der Waals surface area contributed by atoms with E-state index >= 15 is 0 Å². The molecule has 27 heavy (non-hydrogen) atoms. The lowest BCUT2D eigenvalue weighted by Crippen LogP contribution is -2.39. The van der Waals surface area contributed by atoms with Gasteiger partial charge >= 0.3 is 0 Å². The molecule has 0 atom stereocenters. The Kier molecular flexibility index (Phi) is 4.73. The number of halogens is 1. The molecular weight excluding hydrogens is 371 g/mol. The molecule has 0 N–H and O–H groups in total. The summed E-state index contributed by atoms with van der Waals surface area (Å²) in [5.74, 6) is 0.471. The molecule has 9 heteroatoms. The van der Waals surface area contributed by atoms with Gasteiger partial charge in [0.05, 0.1) is 18.1 Å². The first-order valence-corrected chi connectivity index (χ1v) is 10.4. The van der Waals surface area contributed by atoms with E-state index in [-0.39, 0.29) is 4.90 Å². The van der Waals surface area contributed by atoms with Crippen molar-refractivity contribution in [3.05, 3.63) is 41.3 Å². The number of nitrogens with zero attached hydrogens (tertiary/aromatic N) is 4. The van der Waals surface area contributed by atoms with Gasteiger partial charge in [-0.15, -0.1) is 0 Å². The van der Waals surface area contributed by atoms with E-state index < -0.39 is 15.8 Å². The second-order valence-electron chi connectivity index (χ2n) is 6.71. The van der Waals surface area contributed by atoms with Crippen molar-refractivity contribution in [1.29, 1.82) is 0 Å². The van der Waals surface area contributed by atoms with Crippen molar-refractivity contribution in [2.75, 3.05) is 42.1 Å². The van der Waals surface area contributed by atoms with E-state index in [0.29, 0.717) is 56.6 Å². The Labute approximate surface area is 157 Å². The van der Waals surface area contributed by atoms with Crippen LogP contribution in [0, 0.1) is 12.7 Å². The first-order chi connectivity index (χ1) is 13.0. The molecule has 7 nitrogen and oxygen atoms in total. The molecule has 2 aliphatic rings. The maximum Gasteiger partial charge on any atom is 0.265 e. The van der Waals surface area contributed by atoms with Gasteiger partial charge in [-0.2, -0.15) is 4.98 Å². The number of aromatic nitrogens is 2. The highest BCUT2D eigenvalue weighted by Gasteiger charge is 2.32. The van der Waals surface area contributed by atoms with Crippen molar-refractivity contribution in [3.8, 4) is 0 Å². The normalized spacial score (nSPS) is 17.7. The van der Waals surface area contributed by atoms with Crippen LogP contribution in [0.5, 0.6) is 0 Å². The van der Waals surface area contributed by atoms with Crippen molar-refractivity contribution in [2.45, 2.75) is 24.7 Å². The second kappa shape index (κ2) is 7.05. The second-order valence-corrected chi connectivity index (χ2v) is 8.54. The number of sulfonamides is 1. The molecule has 2 aromatic rings. The molecule has 0 amide bonds. The predicted octanol–water partition coefficient (Wildman–Crippen LogP) is 1.90. The summed E-state index contributed by atoms with van der Waals surface area (Å²) < 4.78 is 46.7. The smallest absolute Gasteiger partial charge is 0.265 e. The van der Waals surface area contributed by atoms with Gasteiger partial charge in [-0.3, -0.25) is 0 Å². The number of morpholine rings is 1. The van der Waals surface area contributed by atoms with Gasteiger partial charge in [-0.05, 0) is 43.5 Å². The van der Waals surface area contributed by atoms with Crippen LogP contribution in [0.15, 0.2) is 29.3 Å². The molecule has 0 aliphatic carbocycles. The summed E-state index contributed by atoms with van der Waals surface area (Å²) in [6, 6.07) is 3.72. The van der Waals surface area contributed by atoms with Crippen molar-refractivity contribution in [1.82, 2.24) is 9.97 Å². The van der Waals surface area contributed by atoms with Crippen LogP contribution in [-0.2, 0) is 21.2 Å². The highest BCUT2D eigenvalue weighted by molar-refractivity contribution is 7.92. The fraction of sp³-hybridized carbons (Fsp3) is 0.444. The summed E-state index contributed by atoms with van der Waals surface area (Å²) in [6.45, 7) is 4.46. The molecule has 0 spiro atoms. The Hall–Kier alpha value is -2.26. The predicted molar refractivity (Wildman–Crippen MR) is 99.1 cm³/mol. The largest absolute Gasteiger partial charge is 0.378 e. The maximum absolute atomic E-state index is 13.4. The number of benzene rings is 1. The zero-order chi connectivity index (χ0) is 19.0. The van der Waals surface area contributed by atoms with Gasteiger partial charge in [-0.25, -0.2) is 22.1 Å². The summed E-state index contributed by atoms with van der Waals surface area (Å²) >= 11 is 0. The van der Waals surface area contributed by atoms with E-state index in [1.165, 1.54) is 22.5 Å². The molecule has 0 unspecified atom stereocenters. The third-order valence-electron chi connectivity index (χ3n) is 4.87. The fourth-order valence-electron chi connectivity index (χ4n) is 3.47. The molecule has 0 radical (unpaired) electrons. The number of ether oxygens (including phenoxy) is 1. The molecule has 3 heterocycles. The minimum atomic E-state index is -3.84. The van der Waals surface area contributed by atoms with Crippen molar-refractivity contribution in [2.24, 2.45) is 0 Å². The molecule has 1 fully saturated rings. The minimum absolute atomic E-state index is 0.100. The van der Waals surface area contributed by atoms with E-state index in [1.54, 1.807) is 13.1 Å². The van der Waals surface area contributed by atoms with Crippen LogP contribution >= 0.6 is 0 Å². The zero-order valence-electron chi connectivity index (χ0n) is 15.1. The van der Waals surface area contributed by atoms with Crippen molar-refractivity contribution < 1.29 is 17.5 Å². The Bertz CT molecular complexity index is 961. The number of hydrogen-bond donors (Lipinski definition) is 0. The summed E-state index contributed by atoms with van der Waals surface area (Å²) in [5.41, 5.74) is 1.19. The van der Waals surface area contributed by atoms with Crippen LogP contribution in [0.2, 0.25) is 0 Å². The maximum atomic E-state index is 13.4. The summed E-state index contributed by atoms with van der Waals surface area (Å²) in [6.07, 6.45) is 3.13. The molecule has 144 valence electrons. The Morgan fingerprint density at radius 3 is 2.70 bits per heavy atom. The topological polar surface area (TPSA) is 75.6 Å². The molecule has 1 aromatic heterocycles. The molecule has 1 aromatic carbocycles. The summed E-state index contributed by atoms with van der Waals surface area (Å²) in [5, 5.41) is 0. The Morgan fingerprint density at radius 1 is 1.19 bits per heavy atom. The van der Waals surface area contributed by atoms with Crippen LogP contribution < -0.4 is 9.21 Å². The van der Waals surface area contributed by atoms with Gasteiger partial charge in [0.2, 0.25) is 5.95 Å². The highest BCUT2D eigenvalue weighted by atomic mass is 32.2. The van der Waals surface area contributed by atoms with Gasteiger partial charge in [0, 0.05) is 31.4 Å². The van der Waals surface area contributed by atoms with E-state index in [4.69, 9.17) is 4.74 Å². The van der Waals surface area contributed by atoms with Crippen LogP contribution in [0.3, 0.4) is 0 Å². The highest BCUT2D eigenvalue weighted by Crippen LogP contribution is 2.32. The third-order valence-corrected chi connectivity index (χ3v) is 6.82. The lowest BCUT2D eigenvalue weighted by atomic mass is 10.1. The number of rotatable bonds is 3. The molecule has 0 bridgehead atoms. The quantitative estimate of drug-likeness (QED) is 0.794. The van der Waals surface area contributed by atoms with Crippen LogP contribution in [0.1, 0.15) is 17.5 Å². The van der Waals surface area contributed by atoms with E-state index in [9.17, 15) is 12.8 Å². The van der Waals surface area contributed by atoms with Gasteiger partial charge in [-0.1, -0.05) is 0 Å². The molecular formula is C18H21FN4O3S. The van der Waals surface area contributed by atoms with Crippen molar-refractivity contribution in [3.63, 3.8) is 0 Å². The van der Waals surface area contributed by atoms with Gasteiger partial charge in [0.1, 0.15) is 5.82 Å². The fourth-order valence-corrected chi connectivity index (χ4v) is 5.17. The molecule has 0 saturated carbocycles. The minimum Gasteiger partial charge on any atom is -0.378 e. The Balaban J connectivity index is 1.75.